The van der Waals surface area contributed by atoms with Gasteiger partial charge in [-0.3, -0.25) is 24.1 Å². The first-order valence-corrected chi connectivity index (χ1v) is 13.5. The Kier molecular flexibility index (Phi) is 6.78. The second kappa shape index (κ2) is 10.7. The molecule has 10 nitrogen and oxygen atoms in total. The molecule has 41 heavy (non-hydrogen) atoms. The number of aromatic nitrogens is 4. The van der Waals surface area contributed by atoms with E-state index in [9.17, 15) is 19.7 Å². The molecule has 0 aliphatic carbocycles. The van der Waals surface area contributed by atoms with Crippen LogP contribution in [0, 0.1) is 17.0 Å². The summed E-state index contributed by atoms with van der Waals surface area (Å²) in [6.07, 6.45) is 0. The van der Waals surface area contributed by atoms with E-state index in [4.69, 9.17) is 0 Å². The van der Waals surface area contributed by atoms with Gasteiger partial charge in [-0.05, 0) is 48.4 Å². The van der Waals surface area contributed by atoms with Gasteiger partial charge in [0.15, 0.2) is 5.16 Å². The van der Waals surface area contributed by atoms with Crippen molar-refractivity contribution >= 4 is 45.7 Å². The Morgan fingerprint density at radius 2 is 1.61 bits per heavy atom. The fourth-order valence-electron chi connectivity index (χ4n) is 4.67. The number of rotatable bonds is 7. The number of fused-ring (bicyclic) bond motifs is 3. The number of nitro benzene ring substituents is 1. The maximum atomic E-state index is 13.8. The number of hydrogen-bond acceptors (Lipinski definition) is 7. The molecule has 0 radical (unpaired) electrons. The lowest BCUT2D eigenvalue weighted by atomic mass is 10.1. The predicted molar refractivity (Wildman–Crippen MR) is 158 cm³/mol. The summed E-state index contributed by atoms with van der Waals surface area (Å²) in [5, 5.41) is 23.2. The van der Waals surface area contributed by atoms with E-state index >= 15 is 0 Å². The molecule has 0 unspecified atom stereocenters. The van der Waals surface area contributed by atoms with Crippen LogP contribution >= 0.6 is 11.8 Å². The Labute approximate surface area is 237 Å². The summed E-state index contributed by atoms with van der Waals surface area (Å²) in [7, 11) is 0. The van der Waals surface area contributed by atoms with Crippen LogP contribution in [0.1, 0.15) is 16.4 Å². The van der Waals surface area contributed by atoms with Gasteiger partial charge in [0.2, 0.25) is 11.7 Å². The van der Waals surface area contributed by atoms with E-state index in [0.717, 1.165) is 11.8 Å². The van der Waals surface area contributed by atoms with Crippen LogP contribution in [-0.4, -0.2) is 30.0 Å². The van der Waals surface area contributed by atoms with Gasteiger partial charge in [-0.15, -0.1) is 10.2 Å². The van der Waals surface area contributed by atoms with Crippen LogP contribution in [0.5, 0.6) is 0 Å². The molecule has 1 N–H and O–H groups in total. The lowest BCUT2D eigenvalue weighted by Crippen LogP contribution is -2.22. The number of carbonyl (C=O) groups excluding carboxylic acids is 1. The molecule has 0 aliphatic rings. The van der Waals surface area contributed by atoms with E-state index < -0.39 is 16.1 Å². The Bertz CT molecular complexity index is 1990. The number of benzene rings is 4. The first kappa shape index (κ1) is 26.0. The first-order chi connectivity index (χ1) is 19.9. The van der Waals surface area contributed by atoms with Crippen molar-refractivity contribution in [3.63, 3.8) is 0 Å². The molecule has 0 spiro atoms. The Morgan fingerprint density at radius 1 is 0.927 bits per heavy atom. The van der Waals surface area contributed by atoms with E-state index in [0.29, 0.717) is 38.7 Å². The van der Waals surface area contributed by atoms with E-state index in [1.165, 1.54) is 16.7 Å². The highest BCUT2D eigenvalue weighted by molar-refractivity contribution is 8.00. The van der Waals surface area contributed by atoms with Crippen LogP contribution < -0.4 is 10.9 Å². The molecule has 2 heterocycles. The molecule has 0 saturated heterocycles. The average Bonchev–Trinajstić information content (AvgIpc) is 3.41. The van der Waals surface area contributed by atoms with Crippen molar-refractivity contribution in [2.45, 2.75) is 17.3 Å². The Morgan fingerprint density at radius 3 is 2.34 bits per heavy atom. The second-order valence-corrected chi connectivity index (χ2v) is 10.4. The highest BCUT2D eigenvalue weighted by Gasteiger charge is 2.28. The summed E-state index contributed by atoms with van der Waals surface area (Å²) in [6, 6.07) is 30.0. The summed E-state index contributed by atoms with van der Waals surface area (Å²) in [4.78, 5) is 38.5. The number of para-hydroxylation sites is 2. The number of thioether (sulfide) groups is 1. The van der Waals surface area contributed by atoms with Gasteiger partial charge in [0.25, 0.3) is 11.2 Å². The smallest absolute Gasteiger partial charge is 0.293 e. The van der Waals surface area contributed by atoms with E-state index in [2.05, 4.69) is 15.5 Å². The lowest BCUT2D eigenvalue weighted by Gasteiger charge is -2.17. The summed E-state index contributed by atoms with van der Waals surface area (Å²) in [5.74, 6) is -0.172. The van der Waals surface area contributed by atoms with Crippen LogP contribution in [0.25, 0.3) is 22.4 Å². The standard InChI is InChI=1S/C30H22N6O4S/c1-19-16-17-23(25(18-19)36(39)40)31-27(37)26(20-10-4-2-5-11-20)41-30-33-32-29-34(21-12-6-3-7-13-21)28(38)22-14-8-9-15-24(22)35(29)30/h2-18,26H,1H3,(H,31,37)/t26-/m0/s1. The van der Waals surface area contributed by atoms with Crippen molar-refractivity contribution in [3.8, 4) is 5.69 Å². The minimum atomic E-state index is -0.847. The van der Waals surface area contributed by atoms with Gasteiger partial charge in [0.05, 0.1) is 21.5 Å². The molecule has 1 amide bonds. The lowest BCUT2D eigenvalue weighted by molar-refractivity contribution is -0.384. The number of nitrogens with zero attached hydrogens (tertiary/aromatic N) is 5. The molecule has 0 aliphatic heterocycles. The van der Waals surface area contributed by atoms with Crippen LogP contribution in [-0.2, 0) is 4.79 Å². The highest BCUT2D eigenvalue weighted by atomic mass is 32.2. The SMILES string of the molecule is Cc1ccc(NC(=O)[C@@H](Sc2nnc3n(-c4ccccc4)c(=O)c4ccccc4n23)c2ccccc2)c([N+](=O)[O-])c1. The van der Waals surface area contributed by atoms with E-state index in [1.807, 2.05) is 66.7 Å². The normalized spacial score (nSPS) is 11.9. The van der Waals surface area contributed by atoms with Crippen molar-refractivity contribution in [1.82, 2.24) is 19.2 Å². The molecule has 202 valence electrons. The molecular weight excluding hydrogens is 540 g/mol. The quantitative estimate of drug-likeness (QED) is 0.150. The molecule has 0 bridgehead atoms. The Balaban J connectivity index is 1.49. The zero-order chi connectivity index (χ0) is 28.5. The molecule has 6 aromatic rings. The van der Waals surface area contributed by atoms with Crippen molar-refractivity contribution in [2.24, 2.45) is 0 Å². The maximum Gasteiger partial charge on any atom is 0.293 e. The summed E-state index contributed by atoms with van der Waals surface area (Å²) >= 11 is 1.14. The first-order valence-electron chi connectivity index (χ1n) is 12.6. The molecule has 0 fully saturated rings. The number of aryl methyl sites for hydroxylation is 1. The van der Waals surface area contributed by atoms with Crippen molar-refractivity contribution in [3.05, 3.63) is 135 Å². The number of nitro groups is 1. The van der Waals surface area contributed by atoms with E-state index in [-0.39, 0.29) is 16.9 Å². The van der Waals surface area contributed by atoms with Crippen LogP contribution in [0.15, 0.2) is 113 Å². The van der Waals surface area contributed by atoms with Gasteiger partial charge in [-0.2, -0.15) is 0 Å². The zero-order valence-electron chi connectivity index (χ0n) is 21.7. The van der Waals surface area contributed by atoms with Crippen molar-refractivity contribution in [2.75, 3.05) is 5.32 Å². The third-order valence-corrected chi connectivity index (χ3v) is 7.78. The number of hydrogen-bond donors (Lipinski definition) is 1. The van der Waals surface area contributed by atoms with Gasteiger partial charge in [0, 0.05) is 6.07 Å². The third kappa shape index (κ3) is 4.83. The van der Waals surface area contributed by atoms with Crippen molar-refractivity contribution < 1.29 is 9.72 Å². The number of nitrogens with one attached hydrogen (secondary N) is 1. The molecule has 0 saturated carbocycles. The largest absolute Gasteiger partial charge is 0.319 e. The molecular formula is C30H22N6O4S. The molecule has 2 aromatic heterocycles. The Hall–Kier alpha value is -5.29. The number of anilines is 1. The van der Waals surface area contributed by atoms with Crippen LogP contribution in [0.4, 0.5) is 11.4 Å². The van der Waals surface area contributed by atoms with Gasteiger partial charge in [0.1, 0.15) is 10.9 Å². The fraction of sp³-hybridized carbons (Fsp3) is 0.0667. The van der Waals surface area contributed by atoms with E-state index in [1.54, 1.807) is 35.6 Å². The summed E-state index contributed by atoms with van der Waals surface area (Å²) < 4.78 is 3.25. The molecule has 11 heteroatoms. The molecule has 1 atom stereocenters. The van der Waals surface area contributed by atoms with Crippen LogP contribution in [0.2, 0.25) is 0 Å². The minimum absolute atomic E-state index is 0.0987. The molecule has 6 rings (SSSR count). The third-order valence-electron chi connectivity index (χ3n) is 6.58. The average molecular weight is 563 g/mol. The molecule has 4 aromatic carbocycles. The second-order valence-electron chi connectivity index (χ2n) is 9.29. The van der Waals surface area contributed by atoms with Gasteiger partial charge < -0.3 is 5.32 Å². The maximum absolute atomic E-state index is 13.8. The fourth-order valence-corrected chi connectivity index (χ4v) is 5.71. The summed E-state index contributed by atoms with van der Waals surface area (Å²) in [5.41, 5.74) is 2.25. The number of carbonyl (C=O) groups is 1. The monoisotopic (exact) mass is 562 g/mol. The predicted octanol–water partition coefficient (Wildman–Crippen LogP) is 5.72. The van der Waals surface area contributed by atoms with Gasteiger partial charge in [-0.25, -0.2) is 4.57 Å². The van der Waals surface area contributed by atoms with Gasteiger partial charge in [-0.1, -0.05) is 78.5 Å². The van der Waals surface area contributed by atoms with Crippen molar-refractivity contribution in [1.29, 1.82) is 0 Å². The minimum Gasteiger partial charge on any atom is -0.319 e. The summed E-state index contributed by atoms with van der Waals surface area (Å²) in [6.45, 7) is 1.75. The highest BCUT2D eigenvalue weighted by Crippen LogP contribution is 2.37. The van der Waals surface area contributed by atoms with Gasteiger partial charge >= 0.3 is 0 Å². The zero-order valence-corrected chi connectivity index (χ0v) is 22.5. The topological polar surface area (TPSA) is 124 Å². The number of amides is 1. The van der Waals surface area contributed by atoms with Crippen LogP contribution in [0.3, 0.4) is 0 Å².